The quantitative estimate of drug-likeness (QED) is 0.715. The summed E-state index contributed by atoms with van der Waals surface area (Å²) in [7, 11) is 0. The number of benzene rings is 2. The van der Waals surface area contributed by atoms with E-state index in [-0.39, 0.29) is 12.2 Å². The minimum atomic E-state index is -4.50. The number of carbonyl (C=O) groups is 2. The zero-order valence-electron chi connectivity index (χ0n) is 13.3. The maximum absolute atomic E-state index is 12.6. The molecular weight excluding hydrogens is 417 g/mol. The van der Waals surface area contributed by atoms with Crippen molar-refractivity contribution in [2.45, 2.75) is 12.6 Å². The Balaban J connectivity index is 1.77. The van der Waals surface area contributed by atoms with Crippen molar-refractivity contribution in [3.05, 3.63) is 64.1 Å². The number of hydrazine groups is 1. The Hall–Kier alpha value is -2.55. The van der Waals surface area contributed by atoms with Crippen LogP contribution in [0.25, 0.3) is 0 Å². The lowest BCUT2D eigenvalue weighted by Gasteiger charge is -2.11. The van der Waals surface area contributed by atoms with Crippen molar-refractivity contribution < 1.29 is 27.5 Å². The molecule has 2 rings (SSSR count). The topological polar surface area (TPSA) is 67.4 Å². The van der Waals surface area contributed by atoms with Gasteiger partial charge >= 0.3 is 6.18 Å². The lowest BCUT2D eigenvalue weighted by Crippen LogP contribution is -2.44. The van der Waals surface area contributed by atoms with E-state index >= 15 is 0 Å². The van der Waals surface area contributed by atoms with Gasteiger partial charge in [-0.05, 0) is 35.9 Å². The number of amides is 2. The molecule has 0 aromatic heterocycles. The van der Waals surface area contributed by atoms with Gasteiger partial charge in [-0.25, -0.2) is 0 Å². The molecule has 0 unspecified atom stereocenters. The molecule has 0 heterocycles. The maximum atomic E-state index is 12.6. The van der Waals surface area contributed by atoms with E-state index in [1.165, 1.54) is 12.1 Å². The summed E-state index contributed by atoms with van der Waals surface area (Å²) in [5.74, 6) is -1.25. The number of hydrogen-bond donors (Lipinski definition) is 2. The van der Waals surface area contributed by atoms with E-state index in [9.17, 15) is 22.8 Å². The Morgan fingerprint density at radius 3 is 2.31 bits per heavy atom. The Morgan fingerprint density at radius 2 is 1.65 bits per heavy atom. The fraction of sp³-hybridized carbons (Fsp3) is 0.176. The summed E-state index contributed by atoms with van der Waals surface area (Å²) in [6, 6.07) is 11.2. The summed E-state index contributed by atoms with van der Waals surface area (Å²) >= 11 is 3.28. The molecule has 0 bridgehead atoms. The smallest absolute Gasteiger partial charge is 0.416 e. The summed E-state index contributed by atoms with van der Waals surface area (Å²) in [5.41, 5.74) is 4.21. The van der Waals surface area contributed by atoms with Crippen LogP contribution in [0.1, 0.15) is 11.1 Å². The molecule has 2 amide bonds. The third-order valence-corrected chi connectivity index (χ3v) is 3.68. The molecule has 0 atom stereocenters. The van der Waals surface area contributed by atoms with Crippen LogP contribution in [0.5, 0.6) is 5.75 Å². The molecule has 0 saturated carbocycles. The molecule has 9 heteroatoms. The second-order valence-electron chi connectivity index (χ2n) is 5.21. The summed E-state index contributed by atoms with van der Waals surface area (Å²) in [5, 5.41) is 0. The van der Waals surface area contributed by atoms with E-state index in [0.29, 0.717) is 0 Å². The summed E-state index contributed by atoms with van der Waals surface area (Å²) in [4.78, 5) is 23.3. The first-order chi connectivity index (χ1) is 12.2. The highest BCUT2D eigenvalue weighted by atomic mass is 79.9. The van der Waals surface area contributed by atoms with Gasteiger partial charge in [0, 0.05) is 4.47 Å². The van der Waals surface area contributed by atoms with E-state index in [1.54, 1.807) is 24.3 Å². The molecule has 0 radical (unpaired) electrons. The van der Waals surface area contributed by atoms with Crippen molar-refractivity contribution >= 4 is 27.7 Å². The van der Waals surface area contributed by atoms with Gasteiger partial charge in [0.15, 0.2) is 6.61 Å². The van der Waals surface area contributed by atoms with E-state index in [1.807, 2.05) is 0 Å². The van der Waals surface area contributed by atoms with Crippen molar-refractivity contribution in [3.8, 4) is 5.75 Å². The lowest BCUT2D eigenvalue weighted by atomic mass is 10.1. The highest BCUT2D eigenvalue weighted by molar-refractivity contribution is 9.10. The van der Waals surface area contributed by atoms with E-state index < -0.39 is 30.2 Å². The zero-order chi connectivity index (χ0) is 19.2. The van der Waals surface area contributed by atoms with Crippen molar-refractivity contribution in [1.82, 2.24) is 10.9 Å². The predicted molar refractivity (Wildman–Crippen MR) is 91.1 cm³/mol. The van der Waals surface area contributed by atoms with Gasteiger partial charge in [-0.15, -0.1) is 0 Å². The first-order valence-corrected chi connectivity index (χ1v) is 8.15. The van der Waals surface area contributed by atoms with E-state index in [0.717, 1.165) is 22.2 Å². The average molecular weight is 431 g/mol. The lowest BCUT2D eigenvalue weighted by molar-refractivity contribution is -0.137. The number of halogens is 4. The first kappa shape index (κ1) is 19.8. The standard InChI is InChI=1S/C17H14BrF3N2O3/c18-13-6-4-11(5-7-13)8-15(24)22-23-16(25)10-26-14-3-1-2-12(9-14)17(19,20)21/h1-7,9H,8,10H2,(H,22,24)(H,23,25). The van der Waals surface area contributed by atoms with Crippen LogP contribution in [0.4, 0.5) is 13.2 Å². The van der Waals surface area contributed by atoms with Gasteiger partial charge in [0.1, 0.15) is 5.75 Å². The second kappa shape index (κ2) is 8.70. The molecule has 5 nitrogen and oxygen atoms in total. The highest BCUT2D eigenvalue weighted by Gasteiger charge is 2.30. The van der Waals surface area contributed by atoms with Gasteiger partial charge in [-0.2, -0.15) is 13.2 Å². The molecule has 0 saturated heterocycles. The molecular formula is C17H14BrF3N2O3. The third kappa shape index (κ3) is 6.40. The van der Waals surface area contributed by atoms with Crippen LogP contribution in [0.15, 0.2) is 53.0 Å². The van der Waals surface area contributed by atoms with Crippen LogP contribution in [0.2, 0.25) is 0 Å². The molecule has 2 aromatic carbocycles. The van der Waals surface area contributed by atoms with Crippen LogP contribution >= 0.6 is 15.9 Å². The van der Waals surface area contributed by atoms with Crippen molar-refractivity contribution in [1.29, 1.82) is 0 Å². The molecule has 0 fully saturated rings. The van der Waals surface area contributed by atoms with E-state index in [4.69, 9.17) is 4.74 Å². The Bertz CT molecular complexity index is 780. The fourth-order valence-corrected chi connectivity index (χ4v) is 2.18. The molecule has 26 heavy (non-hydrogen) atoms. The summed E-state index contributed by atoms with van der Waals surface area (Å²) in [6.45, 7) is -0.542. The molecule has 0 aliphatic carbocycles. The average Bonchev–Trinajstić information content (AvgIpc) is 2.60. The van der Waals surface area contributed by atoms with E-state index in [2.05, 4.69) is 26.8 Å². The number of hydrogen-bond acceptors (Lipinski definition) is 3. The fourth-order valence-electron chi connectivity index (χ4n) is 1.92. The normalized spacial score (nSPS) is 10.9. The van der Waals surface area contributed by atoms with Gasteiger partial charge in [0.05, 0.1) is 12.0 Å². The maximum Gasteiger partial charge on any atom is 0.416 e. The summed E-state index contributed by atoms with van der Waals surface area (Å²) in [6.07, 6.45) is -4.44. The van der Waals surface area contributed by atoms with Gasteiger partial charge in [-0.3, -0.25) is 20.4 Å². The largest absolute Gasteiger partial charge is 0.484 e. The van der Waals surface area contributed by atoms with Crippen LogP contribution in [-0.2, 0) is 22.2 Å². The molecule has 0 aliphatic heterocycles. The van der Waals surface area contributed by atoms with Gasteiger partial charge < -0.3 is 4.74 Å². The van der Waals surface area contributed by atoms with Crippen LogP contribution in [0.3, 0.4) is 0 Å². The number of nitrogens with one attached hydrogen (secondary N) is 2. The number of alkyl halides is 3. The Labute approximate surface area is 155 Å². The monoisotopic (exact) mass is 430 g/mol. The number of rotatable bonds is 5. The molecule has 0 aliphatic rings. The molecule has 2 aromatic rings. The third-order valence-electron chi connectivity index (χ3n) is 3.15. The Morgan fingerprint density at radius 1 is 1.00 bits per heavy atom. The van der Waals surface area contributed by atoms with Crippen molar-refractivity contribution in [3.63, 3.8) is 0 Å². The van der Waals surface area contributed by atoms with Crippen LogP contribution < -0.4 is 15.6 Å². The highest BCUT2D eigenvalue weighted by Crippen LogP contribution is 2.31. The minimum Gasteiger partial charge on any atom is -0.484 e. The van der Waals surface area contributed by atoms with Gasteiger partial charge in [-0.1, -0.05) is 34.1 Å². The molecule has 138 valence electrons. The van der Waals surface area contributed by atoms with Crippen molar-refractivity contribution in [2.75, 3.05) is 6.61 Å². The minimum absolute atomic E-state index is 0.0576. The van der Waals surface area contributed by atoms with Gasteiger partial charge in [0.25, 0.3) is 5.91 Å². The first-order valence-electron chi connectivity index (χ1n) is 7.36. The summed E-state index contributed by atoms with van der Waals surface area (Å²) < 4.78 is 43.7. The van der Waals surface area contributed by atoms with Gasteiger partial charge in [0.2, 0.25) is 5.91 Å². The molecule has 0 spiro atoms. The molecule has 2 N–H and O–H groups in total. The van der Waals surface area contributed by atoms with Crippen LogP contribution in [-0.4, -0.2) is 18.4 Å². The zero-order valence-corrected chi connectivity index (χ0v) is 14.9. The predicted octanol–water partition coefficient (Wildman–Crippen LogP) is 3.24. The number of ether oxygens (including phenoxy) is 1. The SMILES string of the molecule is O=C(COc1cccc(C(F)(F)F)c1)NNC(=O)Cc1ccc(Br)cc1. The second-order valence-corrected chi connectivity index (χ2v) is 6.13. The Kier molecular flexibility index (Phi) is 6.62. The van der Waals surface area contributed by atoms with Crippen LogP contribution in [0, 0.1) is 0 Å². The number of carbonyl (C=O) groups excluding carboxylic acids is 2. The van der Waals surface area contributed by atoms with Crippen molar-refractivity contribution in [2.24, 2.45) is 0 Å².